The van der Waals surface area contributed by atoms with Crippen LogP contribution in [0.2, 0.25) is 0 Å². The molecule has 1 fully saturated rings. The van der Waals surface area contributed by atoms with E-state index >= 15 is 0 Å². The lowest BCUT2D eigenvalue weighted by atomic mass is 10.1. The molecule has 0 atom stereocenters. The first-order valence-corrected chi connectivity index (χ1v) is 13.5. The Labute approximate surface area is 237 Å². The minimum Gasteiger partial charge on any atom is -0.452 e. The van der Waals surface area contributed by atoms with Crippen molar-refractivity contribution in [1.82, 2.24) is 9.78 Å². The van der Waals surface area contributed by atoms with E-state index in [2.05, 4.69) is 10.4 Å². The summed E-state index contributed by atoms with van der Waals surface area (Å²) in [6.45, 7) is 1.07. The average Bonchev–Trinajstić information content (AvgIpc) is 3.66. The maximum absolute atomic E-state index is 13.3. The molecule has 0 spiro atoms. The first-order chi connectivity index (χ1) is 19.8. The molecule has 41 heavy (non-hydrogen) atoms. The number of para-hydroxylation sites is 1. The normalized spacial score (nSPS) is 13.9. The van der Waals surface area contributed by atoms with Crippen molar-refractivity contribution in [3.8, 4) is 16.3 Å². The van der Waals surface area contributed by atoms with Gasteiger partial charge in [-0.25, -0.2) is 9.48 Å². The molecule has 0 unspecified atom stereocenters. The highest BCUT2D eigenvalue weighted by atomic mass is 32.1. The number of amides is 1. The predicted molar refractivity (Wildman–Crippen MR) is 150 cm³/mol. The van der Waals surface area contributed by atoms with E-state index in [9.17, 15) is 22.8 Å². The summed E-state index contributed by atoms with van der Waals surface area (Å²) in [5.41, 5.74) is 1.69. The highest BCUT2D eigenvalue weighted by molar-refractivity contribution is 7.13. The van der Waals surface area contributed by atoms with Crippen LogP contribution in [0, 0.1) is 0 Å². The summed E-state index contributed by atoms with van der Waals surface area (Å²) in [7, 11) is 0. The number of thiophene rings is 1. The molecule has 12 heteroatoms. The van der Waals surface area contributed by atoms with Crippen LogP contribution in [0.1, 0.15) is 11.1 Å². The van der Waals surface area contributed by atoms with E-state index in [0.717, 1.165) is 22.7 Å². The molecule has 0 aliphatic carbocycles. The van der Waals surface area contributed by atoms with Gasteiger partial charge in [-0.3, -0.25) is 4.79 Å². The van der Waals surface area contributed by atoms with E-state index in [-0.39, 0.29) is 5.69 Å². The maximum atomic E-state index is 13.3. The van der Waals surface area contributed by atoms with Crippen molar-refractivity contribution in [3.05, 3.63) is 89.4 Å². The lowest BCUT2D eigenvalue weighted by Gasteiger charge is -2.31. The Hall–Kier alpha value is -4.42. The number of morpholine rings is 1. The Kier molecular flexibility index (Phi) is 8.50. The van der Waals surface area contributed by atoms with E-state index in [1.807, 2.05) is 52.7 Å². The Morgan fingerprint density at radius 2 is 1.85 bits per heavy atom. The second kappa shape index (κ2) is 12.4. The molecule has 1 N–H and O–H groups in total. The summed E-state index contributed by atoms with van der Waals surface area (Å²) in [5.74, 6) is -1.56. The fraction of sp³-hybridized carbons (Fsp3) is 0.207. The molecule has 1 aliphatic heterocycles. The molecule has 0 saturated carbocycles. The molecule has 2 aromatic heterocycles. The van der Waals surface area contributed by atoms with Crippen LogP contribution in [-0.4, -0.2) is 54.6 Å². The molecule has 5 rings (SSSR count). The van der Waals surface area contributed by atoms with Crippen LogP contribution in [0.3, 0.4) is 0 Å². The van der Waals surface area contributed by atoms with Crippen LogP contribution in [0.15, 0.2) is 78.3 Å². The number of carbonyl (C=O) groups excluding carboxylic acids is 2. The molecule has 4 aromatic rings. The van der Waals surface area contributed by atoms with Gasteiger partial charge in [-0.2, -0.15) is 18.3 Å². The average molecular weight is 583 g/mol. The van der Waals surface area contributed by atoms with Gasteiger partial charge < -0.3 is 19.7 Å². The molecule has 2 aromatic carbocycles. The van der Waals surface area contributed by atoms with Gasteiger partial charge in [0.1, 0.15) is 5.69 Å². The van der Waals surface area contributed by atoms with Crippen molar-refractivity contribution >= 4 is 40.7 Å². The zero-order valence-electron chi connectivity index (χ0n) is 21.6. The van der Waals surface area contributed by atoms with Crippen LogP contribution >= 0.6 is 11.3 Å². The number of aromatic nitrogens is 2. The number of nitrogens with one attached hydrogen (secondary N) is 1. The largest absolute Gasteiger partial charge is 0.452 e. The van der Waals surface area contributed by atoms with Crippen LogP contribution in [0.5, 0.6) is 0 Å². The predicted octanol–water partition coefficient (Wildman–Crippen LogP) is 5.65. The standard InChI is InChI=1S/C29H25F3N4O4S/c30-29(31,32)21-9-10-24(35-12-14-39-15-13-35)23(17-21)33-26(37)19-40-27(38)11-8-20-18-36(22-5-2-1-3-6-22)34-28(20)25-7-4-16-41-25/h1-11,16-18H,12-15,19H2,(H,33,37). The lowest BCUT2D eigenvalue weighted by Crippen LogP contribution is -2.37. The Morgan fingerprint density at radius 3 is 2.56 bits per heavy atom. The third-order valence-electron chi connectivity index (χ3n) is 6.21. The van der Waals surface area contributed by atoms with Crippen LogP contribution in [0.25, 0.3) is 22.3 Å². The van der Waals surface area contributed by atoms with Crippen molar-refractivity contribution in [2.45, 2.75) is 6.18 Å². The van der Waals surface area contributed by atoms with Crippen LogP contribution in [-0.2, 0) is 25.2 Å². The Bertz CT molecular complexity index is 1530. The minimum absolute atomic E-state index is 0.0211. The number of alkyl halides is 3. The molecular weight excluding hydrogens is 557 g/mol. The quantitative estimate of drug-likeness (QED) is 0.214. The lowest BCUT2D eigenvalue weighted by molar-refractivity contribution is -0.142. The summed E-state index contributed by atoms with van der Waals surface area (Å²) < 4.78 is 52.1. The molecule has 1 amide bonds. The molecule has 212 valence electrons. The molecule has 8 nitrogen and oxygen atoms in total. The topological polar surface area (TPSA) is 85.7 Å². The van der Waals surface area contributed by atoms with E-state index in [0.29, 0.717) is 43.2 Å². The zero-order chi connectivity index (χ0) is 28.8. The van der Waals surface area contributed by atoms with E-state index in [1.54, 1.807) is 17.0 Å². The number of nitrogens with zero attached hydrogens (tertiary/aromatic N) is 3. The SMILES string of the molecule is O=C(COC(=O)C=Cc1cn(-c2ccccc2)nc1-c1cccs1)Nc1cc(C(F)(F)F)ccc1N1CCOCC1. The number of carbonyl (C=O) groups is 2. The van der Waals surface area contributed by atoms with Gasteiger partial charge in [-0.1, -0.05) is 24.3 Å². The summed E-state index contributed by atoms with van der Waals surface area (Å²) in [5, 5.41) is 9.05. The maximum Gasteiger partial charge on any atom is 0.416 e. The smallest absolute Gasteiger partial charge is 0.416 e. The number of ether oxygens (including phenoxy) is 2. The highest BCUT2D eigenvalue weighted by Gasteiger charge is 2.32. The van der Waals surface area contributed by atoms with Crippen molar-refractivity contribution in [2.75, 3.05) is 43.1 Å². The monoisotopic (exact) mass is 582 g/mol. The third-order valence-corrected chi connectivity index (χ3v) is 7.09. The molecule has 1 aliphatic rings. The fourth-order valence-corrected chi connectivity index (χ4v) is 4.98. The van der Waals surface area contributed by atoms with Gasteiger partial charge in [-0.05, 0) is 47.9 Å². The third kappa shape index (κ3) is 7.02. The summed E-state index contributed by atoms with van der Waals surface area (Å²) >= 11 is 1.50. The van der Waals surface area contributed by atoms with Gasteiger partial charge >= 0.3 is 12.1 Å². The van der Waals surface area contributed by atoms with Gasteiger partial charge in [0.25, 0.3) is 5.91 Å². The first-order valence-electron chi connectivity index (χ1n) is 12.7. The second-order valence-corrected chi connectivity index (χ2v) is 9.96. The molecule has 0 radical (unpaired) electrons. The zero-order valence-corrected chi connectivity index (χ0v) is 22.5. The van der Waals surface area contributed by atoms with Crippen molar-refractivity contribution in [1.29, 1.82) is 0 Å². The highest BCUT2D eigenvalue weighted by Crippen LogP contribution is 2.36. The van der Waals surface area contributed by atoms with Gasteiger partial charge in [-0.15, -0.1) is 11.3 Å². The summed E-state index contributed by atoms with van der Waals surface area (Å²) in [6, 6.07) is 16.5. The number of halogens is 3. The number of hydrogen-bond donors (Lipinski definition) is 1. The second-order valence-electron chi connectivity index (χ2n) is 9.01. The number of rotatable bonds is 8. The van der Waals surface area contributed by atoms with Gasteiger partial charge in [0, 0.05) is 30.9 Å². The van der Waals surface area contributed by atoms with Gasteiger partial charge in [0.05, 0.1) is 40.7 Å². The van der Waals surface area contributed by atoms with E-state index in [4.69, 9.17) is 9.47 Å². The van der Waals surface area contributed by atoms with Crippen molar-refractivity contribution in [3.63, 3.8) is 0 Å². The molecule has 1 saturated heterocycles. The molecule has 3 heterocycles. The number of benzene rings is 2. The Morgan fingerprint density at radius 1 is 1.07 bits per heavy atom. The number of hydrogen-bond acceptors (Lipinski definition) is 7. The molecular formula is C29H25F3N4O4S. The number of esters is 1. The minimum atomic E-state index is -4.59. The van der Waals surface area contributed by atoms with Gasteiger partial charge in [0.2, 0.25) is 0 Å². The first kappa shape index (κ1) is 28.1. The Balaban J connectivity index is 1.27. The number of anilines is 2. The van der Waals surface area contributed by atoms with Gasteiger partial charge in [0.15, 0.2) is 6.61 Å². The molecule has 0 bridgehead atoms. The van der Waals surface area contributed by atoms with Crippen LogP contribution < -0.4 is 10.2 Å². The van der Waals surface area contributed by atoms with Crippen LogP contribution in [0.4, 0.5) is 24.5 Å². The van der Waals surface area contributed by atoms with E-state index in [1.165, 1.54) is 23.5 Å². The summed E-state index contributed by atoms with van der Waals surface area (Å²) in [4.78, 5) is 27.8. The van der Waals surface area contributed by atoms with Crippen molar-refractivity contribution < 1.29 is 32.2 Å². The van der Waals surface area contributed by atoms with Crippen molar-refractivity contribution in [2.24, 2.45) is 0 Å². The fourth-order valence-electron chi connectivity index (χ4n) is 4.25. The van der Waals surface area contributed by atoms with E-state index < -0.39 is 30.2 Å². The summed E-state index contributed by atoms with van der Waals surface area (Å²) in [6.07, 6.45) is -0.0799.